The van der Waals surface area contributed by atoms with E-state index in [1.54, 1.807) is 6.20 Å². The van der Waals surface area contributed by atoms with Gasteiger partial charge in [-0.3, -0.25) is 4.79 Å². The molecule has 0 bridgehead atoms. The van der Waals surface area contributed by atoms with Crippen molar-refractivity contribution in [3.8, 4) is 0 Å². The number of rotatable bonds is 3. The molecule has 1 aromatic carbocycles. The topological polar surface area (TPSA) is 45.2 Å². The highest BCUT2D eigenvalue weighted by Gasteiger charge is 2.25. The number of aromatic nitrogens is 1. The minimum Gasteiger partial charge on any atom is -0.333 e. The first-order valence-electron chi connectivity index (χ1n) is 7.24. The van der Waals surface area contributed by atoms with Crippen molar-refractivity contribution < 1.29 is 4.79 Å². The van der Waals surface area contributed by atoms with Crippen molar-refractivity contribution in [1.29, 1.82) is 0 Å². The van der Waals surface area contributed by atoms with Gasteiger partial charge in [-0.1, -0.05) is 30.3 Å². The van der Waals surface area contributed by atoms with Gasteiger partial charge in [0.15, 0.2) is 0 Å². The molecule has 2 heterocycles. The summed E-state index contributed by atoms with van der Waals surface area (Å²) >= 11 is 1.51. The van der Waals surface area contributed by atoms with Crippen LogP contribution in [0.15, 0.2) is 36.5 Å². The summed E-state index contributed by atoms with van der Waals surface area (Å²) in [7, 11) is 0. The molecule has 1 amide bonds. The van der Waals surface area contributed by atoms with E-state index in [9.17, 15) is 4.79 Å². The Balaban J connectivity index is 0.00000132. The first-order valence-corrected chi connectivity index (χ1v) is 8.06. The zero-order valence-electron chi connectivity index (χ0n) is 12.9. The van der Waals surface area contributed by atoms with Gasteiger partial charge < -0.3 is 10.2 Å². The Morgan fingerprint density at radius 1 is 1.35 bits per heavy atom. The van der Waals surface area contributed by atoms with Gasteiger partial charge in [0.05, 0.1) is 11.2 Å². The molecule has 1 atom stereocenters. The van der Waals surface area contributed by atoms with E-state index >= 15 is 0 Å². The zero-order chi connectivity index (χ0) is 14.7. The van der Waals surface area contributed by atoms with E-state index < -0.39 is 0 Å². The molecule has 3 rings (SSSR count). The Hall–Kier alpha value is -1.14. The predicted octanol–water partition coefficient (Wildman–Crippen LogP) is 3.01. The minimum atomic E-state index is 0. The van der Waals surface area contributed by atoms with E-state index in [-0.39, 0.29) is 36.8 Å². The maximum atomic E-state index is 12.5. The molecular weight excluding hydrogens is 353 g/mol. The summed E-state index contributed by atoms with van der Waals surface area (Å²) in [6.45, 7) is 4.58. The van der Waals surface area contributed by atoms with Crippen LogP contribution in [0.4, 0.5) is 0 Å². The standard InChI is InChI=1S/C16H19N3OS.2ClH/c1-12-10-17-7-8-19(12)16(20)14-11-18-15(21-14)9-13-5-3-2-4-6-13;;/h2-6,11-12,17H,7-10H2,1H3;2*1H/t12-;;/m0../s1. The van der Waals surface area contributed by atoms with Gasteiger partial charge in [0, 0.05) is 32.1 Å². The fourth-order valence-electron chi connectivity index (χ4n) is 2.55. The molecule has 126 valence electrons. The average Bonchev–Trinajstić information content (AvgIpc) is 2.97. The van der Waals surface area contributed by atoms with Gasteiger partial charge in [-0.15, -0.1) is 36.2 Å². The van der Waals surface area contributed by atoms with E-state index in [2.05, 4.69) is 29.4 Å². The van der Waals surface area contributed by atoms with Crippen LogP contribution in [0, 0.1) is 0 Å². The van der Waals surface area contributed by atoms with Gasteiger partial charge in [-0.05, 0) is 12.5 Å². The number of hydrogen-bond donors (Lipinski definition) is 1. The van der Waals surface area contributed by atoms with Gasteiger partial charge >= 0.3 is 0 Å². The predicted molar refractivity (Wildman–Crippen MR) is 99.2 cm³/mol. The molecule has 0 spiro atoms. The maximum Gasteiger partial charge on any atom is 0.265 e. The van der Waals surface area contributed by atoms with Crippen LogP contribution in [0.2, 0.25) is 0 Å². The summed E-state index contributed by atoms with van der Waals surface area (Å²) in [5, 5.41) is 4.30. The minimum absolute atomic E-state index is 0. The Labute approximate surface area is 153 Å². The summed E-state index contributed by atoms with van der Waals surface area (Å²) in [6, 6.07) is 10.5. The monoisotopic (exact) mass is 373 g/mol. The first kappa shape index (κ1) is 19.9. The quantitative estimate of drug-likeness (QED) is 0.899. The molecule has 1 aromatic heterocycles. The molecule has 2 aromatic rings. The van der Waals surface area contributed by atoms with Crippen LogP contribution < -0.4 is 5.32 Å². The number of carbonyl (C=O) groups is 1. The van der Waals surface area contributed by atoms with Crippen LogP contribution in [0.1, 0.15) is 27.2 Å². The molecule has 1 aliphatic heterocycles. The molecule has 7 heteroatoms. The average molecular weight is 374 g/mol. The van der Waals surface area contributed by atoms with Gasteiger partial charge in [0.1, 0.15) is 4.88 Å². The Morgan fingerprint density at radius 2 is 2.09 bits per heavy atom. The summed E-state index contributed by atoms with van der Waals surface area (Å²) < 4.78 is 0. The number of nitrogens with zero attached hydrogens (tertiary/aromatic N) is 2. The SMILES string of the molecule is C[C@H]1CNCCN1C(=O)c1cnc(Cc2ccccc2)s1.Cl.Cl. The van der Waals surface area contributed by atoms with E-state index in [1.165, 1.54) is 16.9 Å². The number of nitrogens with one attached hydrogen (secondary N) is 1. The lowest BCUT2D eigenvalue weighted by Crippen LogP contribution is -2.52. The second kappa shape index (κ2) is 9.23. The molecular formula is C16H21Cl2N3OS. The smallest absolute Gasteiger partial charge is 0.265 e. The number of amides is 1. The number of hydrogen-bond acceptors (Lipinski definition) is 4. The summed E-state index contributed by atoms with van der Waals surface area (Å²) in [6.07, 6.45) is 2.51. The first-order chi connectivity index (χ1) is 10.2. The lowest BCUT2D eigenvalue weighted by Gasteiger charge is -2.33. The van der Waals surface area contributed by atoms with E-state index in [1.807, 2.05) is 23.1 Å². The van der Waals surface area contributed by atoms with Gasteiger partial charge in [-0.25, -0.2) is 4.98 Å². The van der Waals surface area contributed by atoms with Gasteiger partial charge in [0.25, 0.3) is 5.91 Å². The fourth-order valence-corrected chi connectivity index (χ4v) is 3.45. The lowest BCUT2D eigenvalue weighted by molar-refractivity contribution is 0.0660. The summed E-state index contributed by atoms with van der Waals surface area (Å²) in [5.74, 6) is 0.112. The summed E-state index contributed by atoms with van der Waals surface area (Å²) in [4.78, 5) is 19.6. The Bertz CT molecular complexity index is 621. The highest BCUT2D eigenvalue weighted by Crippen LogP contribution is 2.20. The molecule has 23 heavy (non-hydrogen) atoms. The van der Waals surface area contributed by atoms with Crippen LogP contribution in [0.5, 0.6) is 0 Å². The van der Waals surface area contributed by atoms with Crippen LogP contribution in [0.25, 0.3) is 0 Å². The number of halogens is 2. The third kappa shape index (κ3) is 4.91. The highest BCUT2D eigenvalue weighted by molar-refractivity contribution is 7.13. The van der Waals surface area contributed by atoms with Gasteiger partial charge in [-0.2, -0.15) is 0 Å². The molecule has 0 saturated carbocycles. The largest absolute Gasteiger partial charge is 0.333 e. The van der Waals surface area contributed by atoms with Crippen molar-refractivity contribution in [2.24, 2.45) is 0 Å². The summed E-state index contributed by atoms with van der Waals surface area (Å²) in [5.41, 5.74) is 1.22. The zero-order valence-corrected chi connectivity index (χ0v) is 15.3. The number of benzene rings is 1. The van der Waals surface area contributed by atoms with Gasteiger partial charge in [0.2, 0.25) is 0 Å². The van der Waals surface area contributed by atoms with Crippen LogP contribution in [-0.4, -0.2) is 41.5 Å². The normalized spacial score (nSPS) is 17.1. The molecule has 1 aliphatic rings. The van der Waals surface area contributed by atoms with Crippen molar-refractivity contribution in [3.63, 3.8) is 0 Å². The second-order valence-electron chi connectivity index (χ2n) is 5.33. The number of piperazine rings is 1. The fraction of sp³-hybridized carbons (Fsp3) is 0.375. The molecule has 4 nitrogen and oxygen atoms in total. The molecule has 1 saturated heterocycles. The lowest BCUT2D eigenvalue weighted by atomic mass is 10.2. The Kier molecular flexibility index (Phi) is 7.99. The number of carbonyl (C=O) groups excluding carboxylic acids is 1. The second-order valence-corrected chi connectivity index (χ2v) is 6.45. The van der Waals surface area contributed by atoms with E-state index in [0.29, 0.717) is 0 Å². The molecule has 1 fully saturated rings. The van der Waals surface area contributed by atoms with Crippen molar-refractivity contribution in [2.45, 2.75) is 19.4 Å². The van der Waals surface area contributed by atoms with Crippen molar-refractivity contribution in [2.75, 3.05) is 19.6 Å². The molecule has 1 N–H and O–H groups in total. The molecule has 0 aliphatic carbocycles. The molecule has 0 unspecified atom stereocenters. The third-order valence-electron chi connectivity index (χ3n) is 3.72. The Morgan fingerprint density at radius 3 is 2.78 bits per heavy atom. The maximum absolute atomic E-state index is 12.5. The van der Waals surface area contributed by atoms with Crippen LogP contribution in [0.3, 0.4) is 0 Å². The number of thiazole rings is 1. The van der Waals surface area contributed by atoms with Crippen molar-refractivity contribution >= 4 is 42.1 Å². The van der Waals surface area contributed by atoms with Crippen LogP contribution in [-0.2, 0) is 6.42 Å². The highest BCUT2D eigenvalue weighted by atomic mass is 35.5. The third-order valence-corrected chi connectivity index (χ3v) is 4.71. The molecule has 0 radical (unpaired) electrons. The van der Waals surface area contributed by atoms with Crippen LogP contribution >= 0.6 is 36.2 Å². The van der Waals surface area contributed by atoms with E-state index in [4.69, 9.17) is 0 Å². The van der Waals surface area contributed by atoms with Crippen molar-refractivity contribution in [3.05, 3.63) is 52.0 Å². The van der Waals surface area contributed by atoms with Crippen molar-refractivity contribution in [1.82, 2.24) is 15.2 Å². The van der Waals surface area contributed by atoms with E-state index in [0.717, 1.165) is 35.9 Å².